The Kier molecular flexibility index (Phi) is 5.20. The van der Waals surface area contributed by atoms with Gasteiger partial charge in [0.05, 0.1) is 7.11 Å². The third kappa shape index (κ3) is 2.62. The van der Waals surface area contributed by atoms with Crippen molar-refractivity contribution in [3.05, 3.63) is 22.3 Å². The molecule has 3 nitrogen and oxygen atoms in total. The minimum absolute atomic E-state index is 0. The summed E-state index contributed by atoms with van der Waals surface area (Å²) >= 11 is 3.29. The average Bonchev–Trinajstić information content (AvgIpc) is 2.04. The molecular weight excluding hydrogens is 243 g/mol. The highest BCUT2D eigenvalue weighted by molar-refractivity contribution is 9.10. The van der Waals surface area contributed by atoms with Crippen LogP contribution in [0.15, 0.2) is 16.7 Å². The molecule has 1 heterocycles. The first-order valence-corrected chi connectivity index (χ1v) is 3.95. The van der Waals surface area contributed by atoms with Crippen molar-refractivity contribution in [1.82, 2.24) is 4.98 Å². The molecule has 0 aliphatic carbocycles. The van der Waals surface area contributed by atoms with E-state index in [4.69, 9.17) is 10.5 Å². The van der Waals surface area contributed by atoms with E-state index in [0.29, 0.717) is 12.4 Å². The van der Waals surface area contributed by atoms with Gasteiger partial charge in [-0.2, -0.15) is 0 Å². The fourth-order valence-corrected chi connectivity index (χ4v) is 1.18. The quantitative estimate of drug-likeness (QED) is 0.873. The molecular formula is C7H10BrClN2O. The third-order valence-corrected chi connectivity index (χ3v) is 1.74. The van der Waals surface area contributed by atoms with Crippen molar-refractivity contribution in [3.63, 3.8) is 0 Å². The van der Waals surface area contributed by atoms with Crippen molar-refractivity contribution >= 4 is 28.3 Å². The van der Waals surface area contributed by atoms with E-state index in [9.17, 15) is 0 Å². The molecule has 0 atom stereocenters. The molecule has 0 amide bonds. The van der Waals surface area contributed by atoms with Gasteiger partial charge in [-0.05, 0) is 22.0 Å². The van der Waals surface area contributed by atoms with Gasteiger partial charge >= 0.3 is 0 Å². The summed E-state index contributed by atoms with van der Waals surface area (Å²) in [5, 5.41) is 0. The van der Waals surface area contributed by atoms with Gasteiger partial charge in [-0.15, -0.1) is 12.4 Å². The summed E-state index contributed by atoms with van der Waals surface area (Å²) < 4.78 is 5.89. The van der Waals surface area contributed by atoms with Crippen LogP contribution in [0.2, 0.25) is 0 Å². The van der Waals surface area contributed by atoms with Gasteiger partial charge in [-0.25, -0.2) is 4.98 Å². The second-order valence-electron chi connectivity index (χ2n) is 2.03. The Morgan fingerprint density at radius 1 is 1.67 bits per heavy atom. The molecule has 12 heavy (non-hydrogen) atoms. The van der Waals surface area contributed by atoms with Gasteiger partial charge in [0.25, 0.3) is 0 Å². The standard InChI is InChI=1S/C7H9BrN2O.ClH/c1-11-7-5(3-9)2-6(8)4-10-7;/h2,4H,3,9H2,1H3;1H. The van der Waals surface area contributed by atoms with E-state index >= 15 is 0 Å². The fraction of sp³-hybridized carbons (Fsp3) is 0.286. The second kappa shape index (κ2) is 5.35. The Bertz CT molecular complexity index is 257. The molecule has 0 aromatic carbocycles. The number of nitrogens with zero attached hydrogens (tertiary/aromatic N) is 1. The minimum atomic E-state index is 0. The van der Waals surface area contributed by atoms with E-state index in [1.165, 1.54) is 0 Å². The summed E-state index contributed by atoms with van der Waals surface area (Å²) in [4.78, 5) is 4.02. The minimum Gasteiger partial charge on any atom is -0.481 e. The van der Waals surface area contributed by atoms with Crippen molar-refractivity contribution in [2.45, 2.75) is 6.54 Å². The number of nitrogens with two attached hydrogens (primary N) is 1. The SMILES string of the molecule is COc1ncc(Br)cc1CN.Cl. The molecule has 68 valence electrons. The predicted molar refractivity (Wildman–Crippen MR) is 53.6 cm³/mol. The van der Waals surface area contributed by atoms with Crippen molar-refractivity contribution in [1.29, 1.82) is 0 Å². The van der Waals surface area contributed by atoms with Crippen molar-refractivity contribution in [3.8, 4) is 5.88 Å². The van der Waals surface area contributed by atoms with Gasteiger partial charge in [0.2, 0.25) is 5.88 Å². The molecule has 2 N–H and O–H groups in total. The van der Waals surface area contributed by atoms with Gasteiger partial charge in [0.15, 0.2) is 0 Å². The molecule has 0 unspecified atom stereocenters. The van der Waals surface area contributed by atoms with Crippen LogP contribution in [0, 0.1) is 0 Å². The largest absolute Gasteiger partial charge is 0.481 e. The second-order valence-corrected chi connectivity index (χ2v) is 2.94. The molecule has 0 aliphatic rings. The van der Waals surface area contributed by atoms with Crippen LogP contribution in [0.1, 0.15) is 5.56 Å². The highest BCUT2D eigenvalue weighted by Gasteiger charge is 2.01. The molecule has 0 aliphatic heterocycles. The maximum absolute atomic E-state index is 5.45. The lowest BCUT2D eigenvalue weighted by atomic mass is 10.3. The number of pyridine rings is 1. The lowest BCUT2D eigenvalue weighted by molar-refractivity contribution is 0.392. The number of rotatable bonds is 2. The molecule has 1 aromatic rings. The van der Waals surface area contributed by atoms with E-state index < -0.39 is 0 Å². The Morgan fingerprint density at radius 3 is 2.83 bits per heavy atom. The van der Waals surface area contributed by atoms with Crippen molar-refractivity contribution < 1.29 is 4.74 Å². The zero-order chi connectivity index (χ0) is 8.27. The average molecular weight is 254 g/mol. The highest BCUT2D eigenvalue weighted by Crippen LogP contribution is 2.18. The summed E-state index contributed by atoms with van der Waals surface area (Å²) in [5.74, 6) is 0.593. The topological polar surface area (TPSA) is 48.1 Å². The summed E-state index contributed by atoms with van der Waals surface area (Å²) in [6, 6.07) is 1.89. The monoisotopic (exact) mass is 252 g/mol. The molecule has 1 aromatic heterocycles. The molecule has 0 radical (unpaired) electrons. The van der Waals surface area contributed by atoms with Crippen molar-refractivity contribution in [2.24, 2.45) is 5.73 Å². The van der Waals surface area contributed by atoms with Crippen LogP contribution in [0.5, 0.6) is 5.88 Å². The predicted octanol–water partition coefficient (Wildman–Crippen LogP) is 1.73. The maximum Gasteiger partial charge on any atom is 0.217 e. The number of halogens is 2. The van der Waals surface area contributed by atoms with Crippen LogP contribution < -0.4 is 10.5 Å². The van der Waals surface area contributed by atoms with E-state index in [0.717, 1.165) is 10.0 Å². The smallest absolute Gasteiger partial charge is 0.217 e. The van der Waals surface area contributed by atoms with Crippen LogP contribution >= 0.6 is 28.3 Å². The van der Waals surface area contributed by atoms with Crippen LogP contribution in [-0.4, -0.2) is 12.1 Å². The van der Waals surface area contributed by atoms with Gasteiger partial charge in [0, 0.05) is 22.8 Å². The normalized spacial score (nSPS) is 8.92. The summed E-state index contributed by atoms with van der Waals surface area (Å²) in [7, 11) is 1.58. The van der Waals surface area contributed by atoms with E-state index in [1.54, 1.807) is 13.3 Å². The Balaban J connectivity index is 0.00000121. The third-order valence-electron chi connectivity index (χ3n) is 1.31. The number of hydrogen-bond acceptors (Lipinski definition) is 3. The number of ether oxygens (including phenoxy) is 1. The summed E-state index contributed by atoms with van der Waals surface area (Å²) in [5.41, 5.74) is 6.36. The van der Waals surface area contributed by atoms with E-state index in [1.807, 2.05) is 6.07 Å². The van der Waals surface area contributed by atoms with E-state index in [2.05, 4.69) is 20.9 Å². The van der Waals surface area contributed by atoms with Gasteiger partial charge in [-0.3, -0.25) is 0 Å². The number of methoxy groups -OCH3 is 1. The molecule has 0 saturated carbocycles. The van der Waals surface area contributed by atoms with Gasteiger partial charge < -0.3 is 10.5 Å². The highest BCUT2D eigenvalue weighted by atomic mass is 79.9. The maximum atomic E-state index is 5.45. The molecule has 0 spiro atoms. The van der Waals surface area contributed by atoms with Crippen LogP contribution in [-0.2, 0) is 6.54 Å². The zero-order valence-electron chi connectivity index (χ0n) is 6.58. The molecule has 1 rings (SSSR count). The number of hydrogen-bond donors (Lipinski definition) is 1. The fourth-order valence-electron chi connectivity index (χ4n) is 0.799. The summed E-state index contributed by atoms with van der Waals surface area (Å²) in [6.07, 6.45) is 1.68. The van der Waals surface area contributed by atoms with Gasteiger partial charge in [0.1, 0.15) is 0 Å². The van der Waals surface area contributed by atoms with Gasteiger partial charge in [-0.1, -0.05) is 0 Å². The molecule has 0 saturated heterocycles. The molecule has 0 bridgehead atoms. The zero-order valence-corrected chi connectivity index (χ0v) is 8.98. The first-order valence-electron chi connectivity index (χ1n) is 3.16. The Labute approximate surface area is 85.9 Å². The lowest BCUT2D eigenvalue weighted by Gasteiger charge is -2.04. The van der Waals surface area contributed by atoms with Crippen LogP contribution in [0.25, 0.3) is 0 Å². The molecule has 5 heteroatoms. The summed E-state index contributed by atoms with van der Waals surface area (Å²) in [6.45, 7) is 0.440. The van der Waals surface area contributed by atoms with Crippen LogP contribution in [0.3, 0.4) is 0 Å². The number of aromatic nitrogens is 1. The molecule has 0 fully saturated rings. The Morgan fingerprint density at radius 2 is 2.33 bits per heavy atom. The Hall–Kier alpha value is -0.320. The van der Waals surface area contributed by atoms with Crippen molar-refractivity contribution in [2.75, 3.05) is 7.11 Å². The first kappa shape index (κ1) is 11.7. The van der Waals surface area contributed by atoms with Crippen LogP contribution in [0.4, 0.5) is 0 Å². The lowest BCUT2D eigenvalue weighted by Crippen LogP contribution is -2.01. The van der Waals surface area contributed by atoms with E-state index in [-0.39, 0.29) is 12.4 Å². The first-order chi connectivity index (χ1) is 5.27.